The van der Waals surface area contributed by atoms with Crippen LogP contribution in [0.25, 0.3) is 11.0 Å². The number of aryl methyl sites for hydroxylation is 1. The van der Waals surface area contributed by atoms with E-state index in [2.05, 4.69) is 15.3 Å². The summed E-state index contributed by atoms with van der Waals surface area (Å²) in [5.41, 5.74) is 14.9. The SMILES string of the molecule is COc1cc(C(=O)N(C)c2ccc(C)cc2OCCCCCC(N)=O)ccc1NC(=O)c1cccc2[nH]c(CN)nc12.Cl.Cl. The molecule has 0 saturated heterocycles. The van der Waals surface area contributed by atoms with Crippen LogP contribution in [-0.2, 0) is 11.3 Å². The molecule has 0 unspecified atom stereocenters. The summed E-state index contributed by atoms with van der Waals surface area (Å²) in [7, 11) is 3.15. The van der Waals surface area contributed by atoms with Crippen LogP contribution in [0.1, 0.15) is 57.8 Å². The van der Waals surface area contributed by atoms with Crippen molar-refractivity contribution in [3.8, 4) is 11.5 Å². The Labute approximate surface area is 268 Å². The number of ether oxygens (including phenoxy) is 2. The second-order valence-corrected chi connectivity index (χ2v) is 9.92. The van der Waals surface area contributed by atoms with E-state index in [0.29, 0.717) is 70.3 Å². The number of rotatable bonds is 13. The van der Waals surface area contributed by atoms with Crippen LogP contribution < -0.4 is 31.2 Å². The molecule has 0 spiro atoms. The molecule has 44 heavy (non-hydrogen) atoms. The van der Waals surface area contributed by atoms with E-state index >= 15 is 0 Å². The number of nitrogens with zero attached hydrogens (tertiary/aromatic N) is 2. The topological polar surface area (TPSA) is 166 Å². The Morgan fingerprint density at radius 3 is 2.48 bits per heavy atom. The van der Waals surface area contributed by atoms with Gasteiger partial charge in [-0.05, 0) is 74.2 Å². The molecule has 1 aromatic heterocycles. The number of H-pyrrole nitrogens is 1. The van der Waals surface area contributed by atoms with Gasteiger partial charge in [-0.25, -0.2) is 4.98 Å². The number of methoxy groups -OCH3 is 1. The van der Waals surface area contributed by atoms with Crippen molar-refractivity contribution in [3.05, 3.63) is 77.1 Å². The lowest BCUT2D eigenvalue weighted by molar-refractivity contribution is -0.118. The molecule has 3 aromatic carbocycles. The predicted octanol–water partition coefficient (Wildman–Crippen LogP) is 5.14. The minimum atomic E-state index is -0.374. The van der Waals surface area contributed by atoms with Crippen LogP contribution in [0.15, 0.2) is 54.6 Å². The maximum absolute atomic E-state index is 13.5. The normalized spacial score (nSPS) is 10.4. The van der Waals surface area contributed by atoms with E-state index in [1.807, 2.05) is 31.2 Å². The molecule has 11 nitrogen and oxygen atoms in total. The Balaban J connectivity index is 0.00000337. The van der Waals surface area contributed by atoms with E-state index in [9.17, 15) is 14.4 Å². The summed E-state index contributed by atoms with van der Waals surface area (Å²) in [4.78, 5) is 46.7. The third kappa shape index (κ3) is 8.62. The maximum atomic E-state index is 13.5. The lowest BCUT2D eigenvalue weighted by Crippen LogP contribution is -2.27. The van der Waals surface area contributed by atoms with Gasteiger partial charge in [-0.1, -0.05) is 12.1 Å². The highest BCUT2D eigenvalue weighted by molar-refractivity contribution is 6.12. The molecule has 0 aliphatic heterocycles. The first-order valence-electron chi connectivity index (χ1n) is 13.7. The fourth-order valence-electron chi connectivity index (χ4n) is 4.56. The van der Waals surface area contributed by atoms with Crippen LogP contribution in [0.5, 0.6) is 11.5 Å². The molecule has 0 fully saturated rings. The number of aromatic amines is 1. The molecule has 4 aromatic rings. The standard InChI is InChI=1S/C31H36N6O5.2ClH/c1-19-11-14-24(26(16-19)42-15-6-4-5-10-27(33)38)37(2)31(40)20-12-13-22(25(17-20)41-3)35-30(39)21-8-7-9-23-29(21)36-28(18-32)34-23;;/h7-9,11-14,16-17H,4-6,10,15,18,32H2,1-3H3,(H2,33,38)(H,34,36)(H,35,39);2*1H. The number of hydrogen-bond donors (Lipinski definition) is 4. The number of unbranched alkanes of at least 4 members (excludes halogenated alkanes) is 2. The monoisotopic (exact) mass is 644 g/mol. The van der Waals surface area contributed by atoms with Crippen molar-refractivity contribution < 1.29 is 23.9 Å². The molecule has 1 heterocycles. The van der Waals surface area contributed by atoms with Crippen LogP contribution in [0.3, 0.4) is 0 Å². The molecule has 13 heteroatoms. The van der Waals surface area contributed by atoms with Crippen molar-refractivity contribution >= 4 is 64.9 Å². The van der Waals surface area contributed by atoms with Crippen molar-refractivity contribution in [2.45, 2.75) is 39.2 Å². The van der Waals surface area contributed by atoms with Crippen molar-refractivity contribution in [3.63, 3.8) is 0 Å². The highest BCUT2D eigenvalue weighted by atomic mass is 35.5. The van der Waals surface area contributed by atoms with E-state index < -0.39 is 0 Å². The van der Waals surface area contributed by atoms with E-state index in [0.717, 1.165) is 18.4 Å². The van der Waals surface area contributed by atoms with Crippen LogP contribution in [0, 0.1) is 6.92 Å². The summed E-state index contributed by atoms with van der Waals surface area (Å²) in [5.74, 6) is 0.533. The van der Waals surface area contributed by atoms with Crippen LogP contribution in [-0.4, -0.2) is 48.5 Å². The molecule has 236 valence electrons. The number of anilines is 2. The van der Waals surface area contributed by atoms with Gasteiger partial charge in [0, 0.05) is 19.0 Å². The molecule has 0 atom stereocenters. The summed E-state index contributed by atoms with van der Waals surface area (Å²) in [6.07, 6.45) is 2.64. The Morgan fingerprint density at radius 1 is 1.00 bits per heavy atom. The van der Waals surface area contributed by atoms with Gasteiger partial charge >= 0.3 is 0 Å². The molecule has 4 rings (SSSR count). The predicted molar refractivity (Wildman–Crippen MR) is 176 cm³/mol. The largest absolute Gasteiger partial charge is 0.495 e. The summed E-state index contributed by atoms with van der Waals surface area (Å²) < 4.78 is 11.6. The highest BCUT2D eigenvalue weighted by Crippen LogP contribution is 2.32. The third-order valence-electron chi connectivity index (χ3n) is 6.80. The van der Waals surface area contributed by atoms with Crippen LogP contribution in [0.2, 0.25) is 0 Å². The Bertz CT molecular complexity index is 1610. The average Bonchev–Trinajstić information content (AvgIpc) is 3.42. The minimum absolute atomic E-state index is 0. The number of imidazole rings is 1. The van der Waals surface area contributed by atoms with Crippen molar-refractivity contribution in [1.82, 2.24) is 9.97 Å². The highest BCUT2D eigenvalue weighted by Gasteiger charge is 2.21. The van der Waals surface area contributed by atoms with Crippen LogP contribution >= 0.6 is 24.8 Å². The molecule has 3 amide bonds. The van der Waals surface area contributed by atoms with Gasteiger partial charge in [-0.2, -0.15) is 0 Å². The van der Waals surface area contributed by atoms with Gasteiger partial charge in [0.2, 0.25) is 5.91 Å². The zero-order valence-corrected chi connectivity index (χ0v) is 26.5. The van der Waals surface area contributed by atoms with Gasteiger partial charge in [0.1, 0.15) is 22.8 Å². The minimum Gasteiger partial charge on any atom is -0.495 e. The van der Waals surface area contributed by atoms with E-state index in [-0.39, 0.29) is 49.1 Å². The Kier molecular flexibility index (Phi) is 13.5. The number of halogens is 2. The number of nitrogens with two attached hydrogens (primary N) is 2. The van der Waals surface area contributed by atoms with E-state index in [1.54, 1.807) is 37.4 Å². The van der Waals surface area contributed by atoms with Gasteiger partial charge in [-0.3, -0.25) is 14.4 Å². The fraction of sp³-hybridized carbons (Fsp3) is 0.290. The average molecular weight is 646 g/mol. The second-order valence-electron chi connectivity index (χ2n) is 9.92. The maximum Gasteiger partial charge on any atom is 0.258 e. The number of benzene rings is 3. The molecule has 0 aliphatic carbocycles. The van der Waals surface area contributed by atoms with Crippen molar-refractivity contribution in [1.29, 1.82) is 0 Å². The number of carbonyl (C=O) groups is 3. The zero-order chi connectivity index (χ0) is 30.2. The second kappa shape index (κ2) is 16.5. The summed E-state index contributed by atoms with van der Waals surface area (Å²) >= 11 is 0. The van der Waals surface area contributed by atoms with Crippen molar-refractivity contribution in [2.75, 3.05) is 31.0 Å². The van der Waals surface area contributed by atoms with Crippen LogP contribution in [0.4, 0.5) is 11.4 Å². The van der Waals surface area contributed by atoms with Gasteiger partial charge in [0.15, 0.2) is 0 Å². The number of fused-ring (bicyclic) bond motifs is 1. The summed E-state index contributed by atoms with van der Waals surface area (Å²) in [5, 5.41) is 2.86. The molecular weight excluding hydrogens is 607 g/mol. The molecule has 0 aliphatic rings. The van der Waals surface area contributed by atoms with E-state index in [4.69, 9.17) is 20.9 Å². The first-order chi connectivity index (χ1) is 20.2. The van der Waals surface area contributed by atoms with Gasteiger partial charge in [0.05, 0.1) is 42.7 Å². The molecule has 0 radical (unpaired) electrons. The number of aromatic nitrogens is 2. The number of para-hydroxylation sites is 1. The Hall–Kier alpha value is -4.32. The lowest BCUT2D eigenvalue weighted by Gasteiger charge is -2.22. The third-order valence-corrected chi connectivity index (χ3v) is 6.80. The summed E-state index contributed by atoms with van der Waals surface area (Å²) in [6.45, 7) is 2.62. The first kappa shape index (κ1) is 35.9. The number of primary amides is 1. The summed E-state index contributed by atoms with van der Waals surface area (Å²) in [6, 6.07) is 15.8. The number of carbonyl (C=O) groups excluding carboxylic acids is 3. The Morgan fingerprint density at radius 2 is 1.77 bits per heavy atom. The van der Waals surface area contributed by atoms with Crippen molar-refractivity contribution in [2.24, 2.45) is 11.5 Å². The smallest absolute Gasteiger partial charge is 0.258 e. The first-order valence-corrected chi connectivity index (χ1v) is 13.7. The fourth-order valence-corrected chi connectivity index (χ4v) is 4.56. The van der Waals surface area contributed by atoms with Gasteiger partial charge in [0.25, 0.3) is 11.8 Å². The molecular formula is C31H38Cl2N6O5. The molecule has 0 saturated carbocycles. The molecule has 6 N–H and O–H groups in total. The number of hydrogen-bond acceptors (Lipinski definition) is 7. The lowest BCUT2D eigenvalue weighted by atomic mass is 10.1. The van der Waals surface area contributed by atoms with Gasteiger partial charge in [-0.15, -0.1) is 24.8 Å². The van der Waals surface area contributed by atoms with E-state index in [1.165, 1.54) is 12.0 Å². The number of nitrogens with one attached hydrogen (secondary N) is 2. The zero-order valence-electron chi connectivity index (χ0n) is 24.8. The van der Waals surface area contributed by atoms with Gasteiger partial charge < -0.3 is 36.1 Å². The molecule has 0 bridgehead atoms. The quantitative estimate of drug-likeness (QED) is 0.146. The number of amides is 3.